The molecule has 0 radical (unpaired) electrons. The number of nitrogens with zero attached hydrogens (tertiary/aromatic N) is 2. The SMILES string of the molecule is O=C(COc1ccc(-c2nnc(-c3ccccc3)o2)cc1)Nc1ccc(C(F)(F)F)cc1. The summed E-state index contributed by atoms with van der Waals surface area (Å²) in [5.74, 6) is 0.675. The number of hydrogen-bond donors (Lipinski definition) is 1. The van der Waals surface area contributed by atoms with Crippen molar-refractivity contribution in [1.29, 1.82) is 0 Å². The van der Waals surface area contributed by atoms with Gasteiger partial charge in [0.15, 0.2) is 6.61 Å². The molecule has 0 saturated carbocycles. The number of halogens is 3. The summed E-state index contributed by atoms with van der Waals surface area (Å²) in [5, 5.41) is 10.6. The van der Waals surface area contributed by atoms with Crippen LogP contribution in [0.1, 0.15) is 5.56 Å². The highest BCUT2D eigenvalue weighted by Crippen LogP contribution is 2.30. The molecule has 0 fully saturated rings. The van der Waals surface area contributed by atoms with Crippen LogP contribution >= 0.6 is 0 Å². The lowest BCUT2D eigenvalue weighted by molar-refractivity contribution is -0.137. The molecular weight excluding hydrogens is 423 g/mol. The van der Waals surface area contributed by atoms with Gasteiger partial charge < -0.3 is 14.5 Å². The van der Waals surface area contributed by atoms with Gasteiger partial charge in [-0.1, -0.05) is 18.2 Å². The summed E-state index contributed by atoms with van der Waals surface area (Å²) in [6.45, 7) is -0.306. The van der Waals surface area contributed by atoms with E-state index >= 15 is 0 Å². The van der Waals surface area contributed by atoms with E-state index < -0.39 is 17.6 Å². The van der Waals surface area contributed by atoms with Gasteiger partial charge in [-0.3, -0.25) is 4.79 Å². The molecule has 4 aromatic rings. The Hall–Kier alpha value is -4.14. The molecule has 0 saturated heterocycles. The van der Waals surface area contributed by atoms with Crippen molar-refractivity contribution < 1.29 is 27.1 Å². The van der Waals surface area contributed by atoms with E-state index in [4.69, 9.17) is 9.15 Å². The third-order valence-electron chi connectivity index (χ3n) is 4.41. The highest BCUT2D eigenvalue weighted by atomic mass is 19.4. The fraction of sp³-hybridized carbons (Fsp3) is 0.0870. The Morgan fingerprint density at radius 1 is 0.844 bits per heavy atom. The highest BCUT2D eigenvalue weighted by Gasteiger charge is 2.30. The zero-order valence-corrected chi connectivity index (χ0v) is 16.5. The summed E-state index contributed by atoms with van der Waals surface area (Å²) in [6.07, 6.45) is -4.43. The second kappa shape index (κ2) is 8.93. The van der Waals surface area contributed by atoms with Crippen LogP contribution in [0.5, 0.6) is 5.75 Å². The minimum Gasteiger partial charge on any atom is -0.484 e. The van der Waals surface area contributed by atoms with Crippen LogP contribution < -0.4 is 10.1 Å². The smallest absolute Gasteiger partial charge is 0.416 e. The summed E-state index contributed by atoms with van der Waals surface area (Å²) in [5.41, 5.74) is 0.947. The number of anilines is 1. The van der Waals surface area contributed by atoms with Crippen LogP contribution in [-0.2, 0) is 11.0 Å². The predicted octanol–water partition coefficient (Wildman–Crippen LogP) is 5.44. The van der Waals surface area contributed by atoms with E-state index in [-0.39, 0.29) is 12.3 Å². The van der Waals surface area contributed by atoms with Crippen molar-refractivity contribution in [3.8, 4) is 28.7 Å². The van der Waals surface area contributed by atoms with E-state index in [1.54, 1.807) is 24.3 Å². The molecule has 4 rings (SSSR count). The van der Waals surface area contributed by atoms with Gasteiger partial charge >= 0.3 is 6.18 Å². The molecule has 0 spiro atoms. The zero-order chi connectivity index (χ0) is 22.6. The topological polar surface area (TPSA) is 77.2 Å². The van der Waals surface area contributed by atoms with Gasteiger partial charge in [0, 0.05) is 16.8 Å². The number of alkyl halides is 3. The molecule has 6 nitrogen and oxygen atoms in total. The third-order valence-corrected chi connectivity index (χ3v) is 4.41. The molecular formula is C23H16F3N3O3. The summed E-state index contributed by atoms with van der Waals surface area (Å²) in [6, 6.07) is 20.3. The van der Waals surface area contributed by atoms with Gasteiger partial charge in [-0.2, -0.15) is 13.2 Å². The van der Waals surface area contributed by atoms with E-state index in [0.717, 1.165) is 17.7 Å². The molecule has 0 unspecified atom stereocenters. The monoisotopic (exact) mass is 439 g/mol. The largest absolute Gasteiger partial charge is 0.484 e. The fourth-order valence-corrected chi connectivity index (χ4v) is 2.82. The molecule has 1 amide bonds. The average Bonchev–Trinajstić information content (AvgIpc) is 3.29. The van der Waals surface area contributed by atoms with E-state index in [9.17, 15) is 18.0 Å². The lowest BCUT2D eigenvalue weighted by Gasteiger charge is -2.10. The van der Waals surface area contributed by atoms with E-state index in [1.807, 2.05) is 30.3 Å². The molecule has 9 heteroatoms. The number of carbonyl (C=O) groups excluding carboxylic acids is 1. The van der Waals surface area contributed by atoms with Crippen molar-refractivity contribution in [2.24, 2.45) is 0 Å². The normalized spacial score (nSPS) is 11.2. The zero-order valence-electron chi connectivity index (χ0n) is 16.5. The lowest BCUT2D eigenvalue weighted by Crippen LogP contribution is -2.20. The number of ether oxygens (including phenoxy) is 1. The highest BCUT2D eigenvalue weighted by molar-refractivity contribution is 5.91. The van der Waals surface area contributed by atoms with E-state index in [0.29, 0.717) is 23.1 Å². The Kier molecular flexibility index (Phi) is 5.89. The van der Waals surface area contributed by atoms with Crippen LogP contribution in [0.2, 0.25) is 0 Å². The van der Waals surface area contributed by atoms with Gasteiger partial charge in [0.25, 0.3) is 5.91 Å². The molecule has 0 bridgehead atoms. The van der Waals surface area contributed by atoms with Crippen LogP contribution in [0.4, 0.5) is 18.9 Å². The van der Waals surface area contributed by atoms with Gasteiger partial charge in [-0.25, -0.2) is 0 Å². The van der Waals surface area contributed by atoms with Crippen molar-refractivity contribution in [2.45, 2.75) is 6.18 Å². The van der Waals surface area contributed by atoms with Crippen molar-refractivity contribution in [3.05, 3.63) is 84.4 Å². The number of nitrogens with one attached hydrogen (secondary N) is 1. The Morgan fingerprint density at radius 2 is 1.44 bits per heavy atom. The maximum Gasteiger partial charge on any atom is 0.416 e. The first-order chi connectivity index (χ1) is 15.4. The molecule has 0 aliphatic rings. The van der Waals surface area contributed by atoms with Gasteiger partial charge in [0.05, 0.1) is 5.56 Å². The Morgan fingerprint density at radius 3 is 2.03 bits per heavy atom. The molecule has 162 valence electrons. The number of hydrogen-bond acceptors (Lipinski definition) is 5. The minimum atomic E-state index is -4.43. The molecule has 1 aromatic heterocycles. The van der Waals surface area contributed by atoms with Crippen molar-refractivity contribution in [2.75, 3.05) is 11.9 Å². The van der Waals surface area contributed by atoms with E-state index in [1.165, 1.54) is 12.1 Å². The Labute approximate surface area is 180 Å². The molecule has 1 N–H and O–H groups in total. The van der Waals surface area contributed by atoms with Gasteiger partial charge in [-0.15, -0.1) is 10.2 Å². The summed E-state index contributed by atoms with van der Waals surface area (Å²) in [4.78, 5) is 12.0. The van der Waals surface area contributed by atoms with Crippen LogP contribution in [0, 0.1) is 0 Å². The number of rotatable bonds is 6. The quantitative estimate of drug-likeness (QED) is 0.433. The maximum absolute atomic E-state index is 12.6. The van der Waals surface area contributed by atoms with Gasteiger partial charge in [-0.05, 0) is 60.7 Å². The first kappa shape index (κ1) is 21.1. The molecule has 32 heavy (non-hydrogen) atoms. The number of benzene rings is 3. The summed E-state index contributed by atoms with van der Waals surface area (Å²) >= 11 is 0. The van der Waals surface area contributed by atoms with Gasteiger partial charge in [0.1, 0.15) is 5.75 Å². The fourth-order valence-electron chi connectivity index (χ4n) is 2.82. The molecule has 3 aromatic carbocycles. The Balaban J connectivity index is 1.32. The summed E-state index contributed by atoms with van der Waals surface area (Å²) in [7, 11) is 0. The second-order valence-electron chi connectivity index (χ2n) is 6.71. The maximum atomic E-state index is 12.6. The number of amides is 1. The van der Waals surface area contributed by atoms with Crippen LogP contribution in [-0.4, -0.2) is 22.7 Å². The molecule has 0 atom stereocenters. The second-order valence-corrected chi connectivity index (χ2v) is 6.71. The minimum absolute atomic E-state index is 0.243. The standard InChI is InChI=1S/C23H16F3N3O3/c24-23(25,26)17-8-10-18(11-9-17)27-20(30)14-31-19-12-6-16(7-13-19)22-29-28-21(32-22)15-4-2-1-3-5-15/h1-13H,14H2,(H,27,30). The number of aromatic nitrogens is 2. The third kappa shape index (κ3) is 5.12. The predicted molar refractivity (Wildman–Crippen MR) is 111 cm³/mol. The molecule has 1 heterocycles. The van der Waals surface area contributed by atoms with Crippen LogP contribution in [0.3, 0.4) is 0 Å². The average molecular weight is 439 g/mol. The van der Waals surface area contributed by atoms with Crippen molar-refractivity contribution in [3.63, 3.8) is 0 Å². The van der Waals surface area contributed by atoms with Crippen molar-refractivity contribution in [1.82, 2.24) is 10.2 Å². The lowest BCUT2D eigenvalue weighted by atomic mass is 10.2. The van der Waals surface area contributed by atoms with Crippen molar-refractivity contribution >= 4 is 11.6 Å². The first-order valence-electron chi connectivity index (χ1n) is 9.48. The first-order valence-corrected chi connectivity index (χ1v) is 9.48. The number of carbonyl (C=O) groups is 1. The van der Waals surface area contributed by atoms with Crippen LogP contribution in [0.25, 0.3) is 22.9 Å². The molecule has 0 aliphatic heterocycles. The van der Waals surface area contributed by atoms with Gasteiger partial charge in [0.2, 0.25) is 11.8 Å². The summed E-state index contributed by atoms with van der Waals surface area (Å²) < 4.78 is 48.9. The van der Waals surface area contributed by atoms with Crippen LogP contribution in [0.15, 0.2) is 83.3 Å². The Bertz CT molecular complexity index is 1190. The molecule has 0 aliphatic carbocycles. The van der Waals surface area contributed by atoms with E-state index in [2.05, 4.69) is 15.5 Å².